The van der Waals surface area contributed by atoms with E-state index in [4.69, 9.17) is 4.42 Å². The number of piperazine rings is 1. The van der Waals surface area contributed by atoms with E-state index in [1.54, 1.807) is 17.9 Å². The minimum Gasteiger partial charge on any atom is -0.451 e. The summed E-state index contributed by atoms with van der Waals surface area (Å²) in [5.41, 5.74) is 0.978. The molecule has 1 saturated heterocycles. The number of furan rings is 1. The number of rotatable bonds is 3. The summed E-state index contributed by atoms with van der Waals surface area (Å²) in [6.07, 6.45) is -4.37. The van der Waals surface area contributed by atoms with Crippen LogP contribution in [-0.2, 0) is 12.7 Å². The standard InChI is InChI=1S/C22H20F4N2O2/c1-14-18-12-17(23)5-6-19(18)30-20(14)21(29)28-9-7-27(8-10-28)13-15-3-2-4-16(11-15)22(24,25)26/h2-6,11-12H,7-10,13H2,1H3. The molecule has 0 radical (unpaired) electrons. The van der Waals surface area contributed by atoms with Gasteiger partial charge in [-0.1, -0.05) is 18.2 Å². The highest BCUT2D eigenvalue weighted by atomic mass is 19.4. The van der Waals surface area contributed by atoms with E-state index in [-0.39, 0.29) is 11.7 Å². The van der Waals surface area contributed by atoms with Crippen LogP contribution in [0.2, 0.25) is 0 Å². The van der Waals surface area contributed by atoms with Crippen LogP contribution >= 0.6 is 0 Å². The van der Waals surface area contributed by atoms with Crippen molar-refractivity contribution in [1.82, 2.24) is 9.80 Å². The molecule has 0 atom stereocenters. The number of amides is 1. The van der Waals surface area contributed by atoms with Gasteiger partial charge >= 0.3 is 6.18 Å². The zero-order valence-corrected chi connectivity index (χ0v) is 16.3. The second-order valence-electron chi connectivity index (χ2n) is 7.46. The number of carbonyl (C=O) groups is 1. The van der Waals surface area contributed by atoms with Crippen LogP contribution in [0.5, 0.6) is 0 Å². The van der Waals surface area contributed by atoms with Crippen molar-refractivity contribution >= 4 is 16.9 Å². The van der Waals surface area contributed by atoms with Gasteiger partial charge in [0.2, 0.25) is 0 Å². The molecule has 4 rings (SSSR count). The van der Waals surface area contributed by atoms with E-state index in [0.29, 0.717) is 54.8 Å². The van der Waals surface area contributed by atoms with Crippen molar-refractivity contribution in [3.8, 4) is 0 Å². The van der Waals surface area contributed by atoms with Gasteiger partial charge in [-0.05, 0) is 36.8 Å². The minimum absolute atomic E-state index is 0.196. The molecule has 1 fully saturated rings. The second-order valence-corrected chi connectivity index (χ2v) is 7.46. The zero-order chi connectivity index (χ0) is 21.5. The number of nitrogens with zero attached hydrogens (tertiary/aromatic N) is 2. The molecule has 1 aliphatic rings. The van der Waals surface area contributed by atoms with Crippen molar-refractivity contribution in [2.75, 3.05) is 26.2 Å². The quantitative estimate of drug-likeness (QED) is 0.568. The first-order valence-electron chi connectivity index (χ1n) is 9.59. The highest BCUT2D eigenvalue weighted by Crippen LogP contribution is 2.30. The number of aryl methyl sites for hydroxylation is 1. The Labute approximate surface area is 170 Å². The second kappa shape index (κ2) is 7.75. The van der Waals surface area contributed by atoms with Crippen LogP contribution in [0.1, 0.15) is 27.2 Å². The minimum atomic E-state index is -4.37. The average molecular weight is 420 g/mol. The van der Waals surface area contributed by atoms with Gasteiger partial charge in [0.05, 0.1) is 5.56 Å². The zero-order valence-electron chi connectivity index (χ0n) is 16.3. The van der Waals surface area contributed by atoms with E-state index in [1.807, 2.05) is 4.90 Å². The molecule has 0 bridgehead atoms. The predicted octanol–water partition coefficient (Wildman–Crippen LogP) is 4.86. The van der Waals surface area contributed by atoms with E-state index in [2.05, 4.69) is 0 Å². The lowest BCUT2D eigenvalue weighted by molar-refractivity contribution is -0.137. The summed E-state index contributed by atoms with van der Waals surface area (Å²) < 4.78 is 57.8. The van der Waals surface area contributed by atoms with Crippen LogP contribution in [-0.4, -0.2) is 41.9 Å². The van der Waals surface area contributed by atoms with Crippen molar-refractivity contribution in [3.05, 3.63) is 70.7 Å². The maximum atomic E-state index is 13.5. The number of hydrogen-bond acceptors (Lipinski definition) is 3. The maximum absolute atomic E-state index is 13.5. The van der Waals surface area contributed by atoms with Crippen LogP contribution in [0.25, 0.3) is 11.0 Å². The highest BCUT2D eigenvalue weighted by molar-refractivity contribution is 5.99. The molecular formula is C22H20F4N2O2. The largest absolute Gasteiger partial charge is 0.451 e. The van der Waals surface area contributed by atoms with Crippen LogP contribution in [0.3, 0.4) is 0 Å². The molecular weight excluding hydrogens is 400 g/mol. The van der Waals surface area contributed by atoms with Gasteiger partial charge in [-0.2, -0.15) is 13.2 Å². The number of alkyl halides is 3. The van der Waals surface area contributed by atoms with Gasteiger partial charge in [0.15, 0.2) is 5.76 Å². The third-order valence-corrected chi connectivity index (χ3v) is 5.41. The molecule has 1 amide bonds. The summed E-state index contributed by atoms with van der Waals surface area (Å²) in [6.45, 7) is 4.05. The van der Waals surface area contributed by atoms with Crippen LogP contribution < -0.4 is 0 Å². The summed E-state index contributed by atoms with van der Waals surface area (Å²) in [7, 11) is 0. The predicted molar refractivity (Wildman–Crippen MR) is 104 cm³/mol. The number of carbonyl (C=O) groups excluding carboxylic acids is 1. The van der Waals surface area contributed by atoms with Crippen molar-refractivity contribution in [1.29, 1.82) is 0 Å². The third kappa shape index (κ3) is 4.05. The molecule has 0 saturated carbocycles. The van der Waals surface area contributed by atoms with Gasteiger partial charge in [0.25, 0.3) is 5.91 Å². The Morgan fingerprint density at radius 3 is 2.50 bits per heavy atom. The van der Waals surface area contributed by atoms with Crippen LogP contribution in [0.15, 0.2) is 46.9 Å². The van der Waals surface area contributed by atoms with Crippen LogP contribution in [0, 0.1) is 12.7 Å². The van der Waals surface area contributed by atoms with Gasteiger partial charge in [0, 0.05) is 43.7 Å². The van der Waals surface area contributed by atoms with E-state index >= 15 is 0 Å². The molecule has 158 valence electrons. The molecule has 1 aliphatic heterocycles. The first-order valence-corrected chi connectivity index (χ1v) is 9.59. The van der Waals surface area contributed by atoms with Gasteiger partial charge in [0.1, 0.15) is 11.4 Å². The highest BCUT2D eigenvalue weighted by Gasteiger charge is 2.31. The molecule has 30 heavy (non-hydrogen) atoms. The van der Waals surface area contributed by atoms with Gasteiger partial charge in [-0.3, -0.25) is 9.69 Å². The SMILES string of the molecule is Cc1c(C(=O)N2CCN(Cc3cccc(C(F)(F)F)c3)CC2)oc2ccc(F)cc12. The molecule has 8 heteroatoms. The van der Waals surface area contributed by atoms with Crippen molar-refractivity contribution in [2.24, 2.45) is 0 Å². The molecule has 0 aliphatic carbocycles. The monoisotopic (exact) mass is 420 g/mol. The van der Waals surface area contributed by atoms with Crippen molar-refractivity contribution < 1.29 is 26.8 Å². The number of fused-ring (bicyclic) bond motifs is 1. The normalized spacial score (nSPS) is 15.7. The Hall–Kier alpha value is -2.87. The molecule has 4 nitrogen and oxygen atoms in total. The summed E-state index contributed by atoms with van der Waals surface area (Å²) in [6, 6.07) is 9.43. The lowest BCUT2D eigenvalue weighted by Gasteiger charge is -2.34. The lowest BCUT2D eigenvalue weighted by atomic mass is 10.1. The molecule has 0 spiro atoms. The summed E-state index contributed by atoms with van der Waals surface area (Å²) in [5.74, 6) is -0.460. The fourth-order valence-electron chi connectivity index (χ4n) is 3.75. The Bertz CT molecular complexity index is 1080. The van der Waals surface area contributed by atoms with Crippen LogP contribution in [0.4, 0.5) is 17.6 Å². The topological polar surface area (TPSA) is 36.7 Å². The van der Waals surface area contributed by atoms with E-state index in [0.717, 1.165) is 12.1 Å². The molecule has 1 aromatic heterocycles. The van der Waals surface area contributed by atoms with E-state index < -0.39 is 17.6 Å². The summed E-state index contributed by atoms with van der Waals surface area (Å²) >= 11 is 0. The molecule has 2 aromatic carbocycles. The fraction of sp³-hybridized carbons (Fsp3) is 0.318. The number of benzene rings is 2. The molecule has 2 heterocycles. The Morgan fingerprint density at radius 2 is 1.80 bits per heavy atom. The Kier molecular flexibility index (Phi) is 5.27. The van der Waals surface area contributed by atoms with Gasteiger partial charge < -0.3 is 9.32 Å². The molecule has 3 aromatic rings. The number of halogens is 4. The first kappa shape index (κ1) is 20.4. The maximum Gasteiger partial charge on any atom is 0.416 e. The van der Waals surface area contributed by atoms with Gasteiger partial charge in [-0.25, -0.2) is 4.39 Å². The van der Waals surface area contributed by atoms with Gasteiger partial charge in [-0.15, -0.1) is 0 Å². The molecule has 0 unspecified atom stereocenters. The summed E-state index contributed by atoms with van der Waals surface area (Å²) in [4.78, 5) is 16.6. The van der Waals surface area contributed by atoms with E-state index in [9.17, 15) is 22.4 Å². The lowest BCUT2D eigenvalue weighted by Crippen LogP contribution is -2.48. The first-order chi connectivity index (χ1) is 14.2. The average Bonchev–Trinajstić information content (AvgIpc) is 3.04. The smallest absolute Gasteiger partial charge is 0.416 e. The third-order valence-electron chi connectivity index (χ3n) is 5.41. The van der Waals surface area contributed by atoms with Crippen molar-refractivity contribution in [3.63, 3.8) is 0 Å². The Balaban J connectivity index is 1.41. The number of hydrogen-bond donors (Lipinski definition) is 0. The molecule has 0 N–H and O–H groups in total. The summed E-state index contributed by atoms with van der Waals surface area (Å²) in [5, 5.41) is 0.571. The van der Waals surface area contributed by atoms with E-state index in [1.165, 1.54) is 24.3 Å². The van der Waals surface area contributed by atoms with Crippen molar-refractivity contribution in [2.45, 2.75) is 19.6 Å². The fourth-order valence-corrected chi connectivity index (χ4v) is 3.75. The Morgan fingerprint density at radius 1 is 1.07 bits per heavy atom.